The summed E-state index contributed by atoms with van der Waals surface area (Å²) < 4.78 is 64.9. The fourth-order valence-electron chi connectivity index (χ4n) is 1.91. The first-order chi connectivity index (χ1) is 11.0. The molecule has 130 valence electrons. The minimum absolute atomic E-state index is 0.0144. The quantitative estimate of drug-likeness (QED) is 0.847. The normalized spacial score (nSPS) is 12.0. The first-order valence-corrected chi connectivity index (χ1v) is 10.2. The van der Waals surface area contributed by atoms with E-state index in [2.05, 4.69) is 4.72 Å². The number of benzene rings is 2. The van der Waals surface area contributed by atoms with Gasteiger partial charge in [-0.25, -0.2) is 21.2 Å². The maximum atomic E-state index is 13.5. The predicted molar refractivity (Wildman–Crippen MR) is 91.9 cm³/mol. The number of hydrogen-bond donors (Lipinski definition) is 1. The Morgan fingerprint density at radius 3 is 2.29 bits per heavy atom. The van der Waals surface area contributed by atoms with Crippen molar-refractivity contribution in [2.45, 2.75) is 4.90 Å². The van der Waals surface area contributed by atoms with E-state index in [1.807, 2.05) is 0 Å². The number of anilines is 2. The lowest BCUT2D eigenvalue weighted by atomic mass is 10.2. The smallest absolute Gasteiger partial charge is 0.263 e. The SMILES string of the molecule is CN(c1ccc(F)cc1NS(=O)(=O)c1ccccc1Cl)S(C)(=O)=O. The third kappa shape index (κ3) is 3.97. The van der Waals surface area contributed by atoms with Gasteiger partial charge in [0.25, 0.3) is 10.0 Å². The summed E-state index contributed by atoms with van der Waals surface area (Å²) >= 11 is 5.88. The van der Waals surface area contributed by atoms with E-state index >= 15 is 0 Å². The van der Waals surface area contributed by atoms with Gasteiger partial charge >= 0.3 is 0 Å². The van der Waals surface area contributed by atoms with E-state index in [9.17, 15) is 21.2 Å². The van der Waals surface area contributed by atoms with Crippen LogP contribution in [0.3, 0.4) is 0 Å². The molecule has 0 aliphatic carbocycles. The lowest BCUT2D eigenvalue weighted by Crippen LogP contribution is -2.26. The summed E-state index contributed by atoms with van der Waals surface area (Å²) in [7, 11) is -6.57. The molecule has 24 heavy (non-hydrogen) atoms. The second-order valence-electron chi connectivity index (χ2n) is 4.93. The molecule has 6 nitrogen and oxygen atoms in total. The van der Waals surface area contributed by atoms with Crippen LogP contribution < -0.4 is 9.03 Å². The largest absolute Gasteiger partial charge is 0.277 e. The summed E-state index contributed by atoms with van der Waals surface area (Å²) in [5.41, 5.74) is -0.239. The van der Waals surface area contributed by atoms with Crippen LogP contribution >= 0.6 is 11.6 Å². The highest BCUT2D eigenvalue weighted by atomic mass is 35.5. The Balaban J connectivity index is 2.54. The molecule has 0 radical (unpaired) electrons. The molecular formula is C14H14ClFN2O4S2. The summed E-state index contributed by atoms with van der Waals surface area (Å²) in [5.74, 6) is -0.725. The summed E-state index contributed by atoms with van der Waals surface area (Å²) in [5, 5.41) is -0.0144. The van der Waals surface area contributed by atoms with Crippen LogP contribution in [0.2, 0.25) is 5.02 Å². The summed E-state index contributed by atoms with van der Waals surface area (Å²) in [4.78, 5) is -0.205. The lowest BCUT2D eigenvalue weighted by Gasteiger charge is -2.21. The van der Waals surface area contributed by atoms with E-state index in [1.54, 1.807) is 6.07 Å². The third-order valence-electron chi connectivity index (χ3n) is 3.17. The molecule has 0 aliphatic heterocycles. The van der Waals surface area contributed by atoms with Crippen LogP contribution in [0.5, 0.6) is 0 Å². The average Bonchev–Trinajstić information content (AvgIpc) is 2.45. The zero-order valence-electron chi connectivity index (χ0n) is 12.7. The van der Waals surface area contributed by atoms with Gasteiger partial charge in [0.2, 0.25) is 10.0 Å². The van der Waals surface area contributed by atoms with Crippen LogP contribution in [0.25, 0.3) is 0 Å². The van der Waals surface area contributed by atoms with Crippen molar-refractivity contribution in [3.8, 4) is 0 Å². The van der Waals surface area contributed by atoms with Crippen LogP contribution in [0, 0.1) is 5.82 Å². The highest BCUT2D eigenvalue weighted by Crippen LogP contribution is 2.31. The first kappa shape index (κ1) is 18.5. The topological polar surface area (TPSA) is 83.6 Å². The fourth-order valence-corrected chi connectivity index (χ4v) is 4.01. The number of halogens is 2. The van der Waals surface area contributed by atoms with E-state index in [0.717, 1.165) is 22.7 Å². The zero-order chi connectivity index (χ0) is 18.1. The minimum Gasteiger partial charge on any atom is -0.277 e. The van der Waals surface area contributed by atoms with Crippen molar-refractivity contribution in [1.29, 1.82) is 0 Å². The number of sulfonamides is 2. The molecule has 0 unspecified atom stereocenters. The zero-order valence-corrected chi connectivity index (χ0v) is 15.1. The molecule has 2 rings (SSSR count). The molecule has 0 aliphatic rings. The molecule has 0 heterocycles. The molecule has 0 atom stereocenters. The van der Waals surface area contributed by atoms with Gasteiger partial charge in [0.1, 0.15) is 10.7 Å². The van der Waals surface area contributed by atoms with E-state index in [-0.39, 0.29) is 21.3 Å². The Hall–Kier alpha value is -1.84. The highest BCUT2D eigenvalue weighted by Gasteiger charge is 2.22. The van der Waals surface area contributed by atoms with E-state index in [0.29, 0.717) is 0 Å². The Morgan fingerprint density at radius 2 is 1.71 bits per heavy atom. The maximum Gasteiger partial charge on any atom is 0.263 e. The second kappa shape index (κ2) is 6.58. The predicted octanol–water partition coefficient (Wildman–Crippen LogP) is 2.68. The molecule has 1 N–H and O–H groups in total. The monoisotopic (exact) mass is 392 g/mol. The van der Waals surface area contributed by atoms with Crippen molar-refractivity contribution in [2.75, 3.05) is 22.3 Å². The minimum atomic E-state index is -4.13. The van der Waals surface area contributed by atoms with Crippen molar-refractivity contribution < 1.29 is 21.2 Å². The van der Waals surface area contributed by atoms with Gasteiger partial charge in [-0.05, 0) is 24.3 Å². The Kier molecular flexibility index (Phi) is 5.07. The van der Waals surface area contributed by atoms with E-state index in [4.69, 9.17) is 11.6 Å². The number of rotatable bonds is 5. The van der Waals surface area contributed by atoms with Gasteiger partial charge < -0.3 is 0 Å². The standard InChI is InChI=1S/C14H14ClFN2O4S2/c1-18(23(2,19)20)13-8-7-10(16)9-12(13)17-24(21,22)14-6-4-3-5-11(14)15/h3-9,17H,1-2H3. The fraction of sp³-hybridized carbons (Fsp3) is 0.143. The van der Waals surface area contributed by atoms with Crippen molar-refractivity contribution >= 4 is 43.0 Å². The second-order valence-corrected chi connectivity index (χ2v) is 9.00. The molecular weight excluding hydrogens is 379 g/mol. The molecule has 2 aromatic carbocycles. The van der Waals surface area contributed by atoms with Crippen LogP contribution in [-0.4, -0.2) is 30.1 Å². The van der Waals surface area contributed by atoms with Crippen molar-refractivity contribution in [2.24, 2.45) is 0 Å². The maximum absolute atomic E-state index is 13.5. The molecule has 0 amide bonds. The molecule has 0 saturated carbocycles. The van der Waals surface area contributed by atoms with E-state index in [1.165, 1.54) is 31.3 Å². The van der Waals surface area contributed by atoms with E-state index < -0.39 is 25.9 Å². The van der Waals surface area contributed by atoms with Crippen molar-refractivity contribution in [3.05, 3.63) is 53.3 Å². The van der Waals surface area contributed by atoms with Gasteiger partial charge in [0, 0.05) is 13.1 Å². The summed E-state index contributed by atoms with van der Waals surface area (Å²) in [6, 6.07) is 8.81. The van der Waals surface area contributed by atoms with Gasteiger partial charge in [-0.3, -0.25) is 9.03 Å². The van der Waals surface area contributed by atoms with Crippen LogP contribution in [0.15, 0.2) is 47.4 Å². The molecule has 0 aromatic heterocycles. The number of nitrogens with zero attached hydrogens (tertiary/aromatic N) is 1. The average molecular weight is 393 g/mol. The lowest BCUT2D eigenvalue weighted by molar-refractivity contribution is 0.597. The first-order valence-electron chi connectivity index (χ1n) is 6.53. The molecule has 0 bridgehead atoms. The Labute approximate surface area is 145 Å². The van der Waals surface area contributed by atoms with Crippen molar-refractivity contribution in [3.63, 3.8) is 0 Å². The number of hydrogen-bond acceptors (Lipinski definition) is 4. The highest BCUT2D eigenvalue weighted by molar-refractivity contribution is 7.93. The molecule has 0 fully saturated rings. The third-order valence-corrected chi connectivity index (χ3v) is 6.22. The number of nitrogens with one attached hydrogen (secondary N) is 1. The molecule has 10 heteroatoms. The molecule has 2 aromatic rings. The van der Waals surface area contributed by atoms with Crippen LogP contribution in [0.4, 0.5) is 15.8 Å². The van der Waals surface area contributed by atoms with Gasteiger partial charge in [0.05, 0.1) is 22.7 Å². The van der Waals surface area contributed by atoms with Gasteiger partial charge in [-0.1, -0.05) is 23.7 Å². The van der Waals surface area contributed by atoms with Gasteiger partial charge in [-0.2, -0.15) is 0 Å². The molecule has 0 saturated heterocycles. The summed E-state index contributed by atoms with van der Waals surface area (Å²) in [6.07, 6.45) is 0.947. The van der Waals surface area contributed by atoms with Crippen molar-refractivity contribution in [1.82, 2.24) is 0 Å². The van der Waals surface area contributed by atoms with Gasteiger partial charge in [0.15, 0.2) is 0 Å². The molecule has 0 spiro atoms. The van der Waals surface area contributed by atoms with Crippen LogP contribution in [-0.2, 0) is 20.0 Å². The van der Waals surface area contributed by atoms with Crippen LogP contribution in [0.1, 0.15) is 0 Å². The van der Waals surface area contributed by atoms with Gasteiger partial charge in [-0.15, -0.1) is 0 Å². The Bertz CT molecular complexity index is 978. The summed E-state index contributed by atoms with van der Waals surface area (Å²) in [6.45, 7) is 0. The Morgan fingerprint density at radius 1 is 1.08 bits per heavy atom.